The standard InChI is InChI=1S/C12H21NO3/c1-6-9-7-13(8-10(9)15-5)11(14)16-12(2,3)4/h6,10H,7-8H2,1-5H3/b9-6+/t10-/m0/s1. The molecule has 0 aromatic carbocycles. The van der Waals surface area contributed by atoms with Gasteiger partial charge in [0.05, 0.1) is 12.6 Å². The molecule has 1 heterocycles. The van der Waals surface area contributed by atoms with E-state index in [0.717, 1.165) is 5.57 Å². The Labute approximate surface area is 97.2 Å². The average Bonchev–Trinajstić information content (AvgIpc) is 2.57. The molecule has 1 amide bonds. The first-order valence-electron chi connectivity index (χ1n) is 5.53. The van der Waals surface area contributed by atoms with Crippen molar-refractivity contribution in [3.05, 3.63) is 11.6 Å². The van der Waals surface area contributed by atoms with Gasteiger partial charge in [-0.15, -0.1) is 0 Å². The van der Waals surface area contributed by atoms with E-state index in [1.807, 2.05) is 33.8 Å². The number of allylic oxidation sites excluding steroid dienone is 1. The molecule has 0 saturated carbocycles. The zero-order valence-electron chi connectivity index (χ0n) is 10.7. The van der Waals surface area contributed by atoms with E-state index >= 15 is 0 Å². The van der Waals surface area contributed by atoms with Crippen LogP contribution in [-0.4, -0.2) is 42.9 Å². The lowest BCUT2D eigenvalue weighted by Crippen LogP contribution is -2.35. The Bertz CT molecular complexity index is 291. The molecule has 0 radical (unpaired) electrons. The van der Waals surface area contributed by atoms with Gasteiger partial charge in [0.25, 0.3) is 0 Å². The van der Waals surface area contributed by atoms with Crippen LogP contribution in [0, 0.1) is 0 Å². The fourth-order valence-electron chi connectivity index (χ4n) is 1.67. The van der Waals surface area contributed by atoms with Gasteiger partial charge in [-0.1, -0.05) is 6.08 Å². The van der Waals surface area contributed by atoms with Crippen LogP contribution in [-0.2, 0) is 9.47 Å². The van der Waals surface area contributed by atoms with Crippen LogP contribution in [0.1, 0.15) is 27.7 Å². The zero-order chi connectivity index (χ0) is 12.3. The van der Waals surface area contributed by atoms with Gasteiger partial charge in [0, 0.05) is 13.7 Å². The number of carbonyl (C=O) groups excluding carboxylic acids is 1. The van der Waals surface area contributed by atoms with Crippen LogP contribution >= 0.6 is 0 Å². The highest BCUT2D eigenvalue weighted by Gasteiger charge is 2.32. The van der Waals surface area contributed by atoms with Crippen LogP contribution in [0.2, 0.25) is 0 Å². The summed E-state index contributed by atoms with van der Waals surface area (Å²) in [5.74, 6) is 0. The third-order valence-corrected chi connectivity index (χ3v) is 2.48. The second-order valence-corrected chi connectivity index (χ2v) is 4.95. The van der Waals surface area contributed by atoms with Crippen LogP contribution in [0.15, 0.2) is 11.6 Å². The number of hydrogen-bond donors (Lipinski definition) is 0. The minimum Gasteiger partial charge on any atom is -0.444 e. The summed E-state index contributed by atoms with van der Waals surface area (Å²) in [6.45, 7) is 8.73. The highest BCUT2D eigenvalue weighted by atomic mass is 16.6. The molecule has 0 aromatic rings. The average molecular weight is 227 g/mol. The van der Waals surface area contributed by atoms with Crippen LogP contribution in [0.25, 0.3) is 0 Å². The summed E-state index contributed by atoms with van der Waals surface area (Å²) in [6.07, 6.45) is 1.74. The predicted molar refractivity (Wildman–Crippen MR) is 62.4 cm³/mol. The Balaban J connectivity index is 2.61. The van der Waals surface area contributed by atoms with Gasteiger partial charge in [-0.3, -0.25) is 0 Å². The third-order valence-electron chi connectivity index (χ3n) is 2.48. The summed E-state index contributed by atoms with van der Waals surface area (Å²) in [4.78, 5) is 13.5. The molecule has 1 aliphatic rings. The SMILES string of the molecule is C/C=C1\CN(C(=O)OC(C)(C)C)C[C@@H]1OC. The van der Waals surface area contributed by atoms with Gasteiger partial charge in [-0.25, -0.2) is 4.79 Å². The summed E-state index contributed by atoms with van der Waals surface area (Å²) in [6, 6.07) is 0. The van der Waals surface area contributed by atoms with Gasteiger partial charge < -0.3 is 14.4 Å². The molecule has 0 aromatic heterocycles. The molecule has 16 heavy (non-hydrogen) atoms. The molecule has 0 N–H and O–H groups in total. The Morgan fingerprint density at radius 1 is 1.50 bits per heavy atom. The van der Waals surface area contributed by atoms with Crippen molar-refractivity contribution in [2.45, 2.75) is 39.4 Å². The summed E-state index contributed by atoms with van der Waals surface area (Å²) < 4.78 is 10.6. The molecule has 1 rings (SSSR count). The summed E-state index contributed by atoms with van der Waals surface area (Å²) in [7, 11) is 1.66. The van der Waals surface area contributed by atoms with Gasteiger partial charge in [-0.2, -0.15) is 0 Å². The first-order valence-corrected chi connectivity index (χ1v) is 5.53. The van der Waals surface area contributed by atoms with Crippen molar-refractivity contribution in [1.82, 2.24) is 4.90 Å². The molecule has 1 saturated heterocycles. The quantitative estimate of drug-likeness (QED) is 0.645. The largest absolute Gasteiger partial charge is 0.444 e. The van der Waals surface area contributed by atoms with Crippen LogP contribution in [0.4, 0.5) is 4.79 Å². The van der Waals surface area contributed by atoms with Crippen molar-refractivity contribution in [1.29, 1.82) is 0 Å². The molecule has 0 unspecified atom stereocenters. The fourth-order valence-corrected chi connectivity index (χ4v) is 1.67. The maximum Gasteiger partial charge on any atom is 0.410 e. The predicted octanol–water partition coefficient (Wildman–Crippen LogP) is 2.20. The minimum absolute atomic E-state index is 0.0116. The smallest absolute Gasteiger partial charge is 0.410 e. The van der Waals surface area contributed by atoms with Crippen LogP contribution in [0.3, 0.4) is 0 Å². The third kappa shape index (κ3) is 3.23. The number of likely N-dealkylation sites (tertiary alicyclic amines) is 1. The molecule has 4 nitrogen and oxygen atoms in total. The number of amides is 1. The zero-order valence-corrected chi connectivity index (χ0v) is 10.7. The van der Waals surface area contributed by atoms with Crippen molar-refractivity contribution in [2.24, 2.45) is 0 Å². The first-order chi connectivity index (χ1) is 7.37. The second kappa shape index (κ2) is 4.87. The lowest BCUT2D eigenvalue weighted by atomic mass is 10.2. The highest BCUT2D eigenvalue weighted by molar-refractivity contribution is 5.69. The van der Waals surface area contributed by atoms with E-state index in [4.69, 9.17) is 9.47 Å². The fraction of sp³-hybridized carbons (Fsp3) is 0.750. The molecule has 4 heteroatoms. The second-order valence-electron chi connectivity index (χ2n) is 4.95. The van der Waals surface area contributed by atoms with Gasteiger partial charge >= 0.3 is 6.09 Å². The van der Waals surface area contributed by atoms with Crippen molar-refractivity contribution in [3.63, 3.8) is 0 Å². The summed E-state index contributed by atoms with van der Waals surface area (Å²) >= 11 is 0. The monoisotopic (exact) mass is 227 g/mol. The van der Waals surface area contributed by atoms with Gasteiger partial charge in [0.15, 0.2) is 0 Å². The molecule has 0 aliphatic carbocycles. The Hall–Kier alpha value is -1.03. The van der Waals surface area contributed by atoms with E-state index in [1.54, 1.807) is 12.0 Å². The molecule has 0 spiro atoms. The number of methoxy groups -OCH3 is 1. The van der Waals surface area contributed by atoms with E-state index in [1.165, 1.54) is 0 Å². The van der Waals surface area contributed by atoms with E-state index in [9.17, 15) is 4.79 Å². The number of carbonyl (C=O) groups is 1. The minimum atomic E-state index is -0.446. The van der Waals surface area contributed by atoms with Crippen molar-refractivity contribution in [2.75, 3.05) is 20.2 Å². The summed E-state index contributed by atoms with van der Waals surface area (Å²) in [5.41, 5.74) is 0.687. The lowest BCUT2D eigenvalue weighted by Gasteiger charge is -2.24. The molecular formula is C12H21NO3. The van der Waals surface area contributed by atoms with Crippen LogP contribution in [0.5, 0.6) is 0 Å². The molecule has 1 fully saturated rings. The molecule has 1 aliphatic heterocycles. The van der Waals surface area contributed by atoms with E-state index in [0.29, 0.717) is 13.1 Å². The van der Waals surface area contributed by atoms with Crippen molar-refractivity contribution < 1.29 is 14.3 Å². The van der Waals surface area contributed by atoms with Crippen molar-refractivity contribution >= 4 is 6.09 Å². The first kappa shape index (κ1) is 13.0. The lowest BCUT2D eigenvalue weighted by molar-refractivity contribution is 0.0253. The van der Waals surface area contributed by atoms with Gasteiger partial charge in [-0.05, 0) is 33.3 Å². The number of ether oxygens (including phenoxy) is 2. The topological polar surface area (TPSA) is 38.8 Å². The van der Waals surface area contributed by atoms with E-state index < -0.39 is 5.60 Å². The number of hydrogen-bond acceptors (Lipinski definition) is 3. The van der Waals surface area contributed by atoms with E-state index in [-0.39, 0.29) is 12.2 Å². The molecular weight excluding hydrogens is 206 g/mol. The maximum atomic E-state index is 11.8. The Morgan fingerprint density at radius 2 is 2.12 bits per heavy atom. The van der Waals surface area contributed by atoms with Gasteiger partial charge in [0.2, 0.25) is 0 Å². The normalized spacial score (nSPS) is 23.9. The summed E-state index contributed by atoms with van der Waals surface area (Å²) in [5, 5.41) is 0. The number of nitrogens with zero attached hydrogens (tertiary/aromatic N) is 1. The van der Waals surface area contributed by atoms with Crippen LogP contribution < -0.4 is 0 Å². The number of rotatable bonds is 1. The molecule has 92 valence electrons. The highest BCUT2D eigenvalue weighted by Crippen LogP contribution is 2.21. The molecule has 0 bridgehead atoms. The van der Waals surface area contributed by atoms with Crippen molar-refractivity contribution in [3.8, 4) is 0 Å². The molecule has 1 atom stereocenters. The Kier molecular flexibility index (Phi) is 3.97. The van der Waals surface area contributed by atoms with E-state index in [2.05, 4.69) is 0 Å². The Morgan fingerprint density at radius 3 is 2.50 bits per heavy atom. The maximum absolute atomic E-state index is 11.8. The van der Waals surface area contributed by atoms with Gasteiger partial charge in [0.1, 0.15) is 5.60 Å².